The maximum absolute atomic E-state index is 12.5. The van der Waals surface area contributed by atoms with Gasteiger partial charge in [-0.1, -0.05) is 0 Å². The highest BCUT2D eigenvalue weighted by Gasteiger charge is 2.38. The number of nitrogens with zero attached hydrogens (tertiary/aromatic N) is 4. The van der Waals surface area contributed by atoms with Crippen LogP contribution < -0.4 is 4.90 Å². The van der Waals surface area contributed by atoms with Crippen molar-refractivity contribution < 1.29 is 9.90 Å². The number of carbonyl (C=O) groups is 1. The maximum Gasteiger partial charge on any atom is 0.264 e. The van der Waals surface area contributed by atoms with Gasteiger partial charge in [0.2, 0.25) is 0 Å². The number of aliphatic hydroxyl groups is 1. The lowest BCUT2D eigenvalue weighted by Gasteiger charge is -2.29. The zero-order valence-electron chi connectivity index (χ0n) is 14.2. The van der Waals surface area contributed by atoms with E-state index in [1.165, 1.54) is 17.7 Å². The Bertz CT molecular complexity index is 748. The van der Waals surface area contributed by atoms with Crippen LogP contribution in [0.15, 0.2) is 23.8 Å². The van der Waals surface area contributed by atoms with Crippen LogP contribution in [0.5, 0.6) is 0 Å². The first-order chi connectivity index (χ1) is 11.4. The number of aryl methyl sites for hydroxylation is 2. The molecule has 0 spiro atoms. The molecule has 1 atom stereocenters. The topological polar surface area (TPSA) is 69.6 Å². The molecule has 1 fully saturated rings. The Labute approximate surface area is 145 Å². The summed E-state index contributed by atoms with van der Waals surface area (Å²) < 4.78 is 0. The first kappa shape index (κ1) is 16.9. The van der Waals surface area contributed by atoms with Crippen LogP contribution in [-0.2, 0) is 0 Å². The van der Waals surface area contributed by atoms with E-state index in [1.54, 1.807) is 11.9 Å². The molecule has 1 aliphatic heterocycles. The molecule has 1 unspecified atom stereocenters. The van der Waals surface area contributed by atoms with E-state index in [9.17, 15) is 9.90 Å². The highest BCUT2D eigenvalue weighted by molar-refractivity contribution is 7.12. The average Bonchev–Trinajstić information content (AvgIpc) is 3.13. The van der Waals surface area contributed by atoms with Gasteiger partial charge in [0.25, 0.3) is 5.91 Å². The molecule has 2 aromatic rings. The molecule has 7 heteroatoms. The summed E-state index contributed by atoms with van der Waals surface area (Å²) in [5.74, 6) is 0.786. The number of thiophene rings is 1. The lowest BCUT2D eigenvalue weighted by molar-refractivity contribution is 0.0266. The summed E-state index contributed by atoms with van der Waals surface area (Å²) in [4.78, 5) is 25.3. The van der Waals surface area contributed by atoms with Crippen LogP contribution >= 0.6 is 11.3 Å². The second kappa shape index (κ2) is 6.49. The molecule has 2 aromatic heterocycles. The monoisotopic (exact) mass is 346 g/mol. The first-order valence-electron chi connectivity index (χ1n) is 7.93. The summed E-state index contributed by atoms with van der Waals surface area (Å²) in [6, 6.07) is 3.85. The zero-order chi connectivity index (χ0) is 17.3. The molecule has 3 rings (SSSR count). The van der Waals surface area contributed by atoms with E-state index >= 15 is 0 Å². The molecular formula is C17H22N4O2S. The van der Waals surface area contributed by atoms with E-state index in [2.05, 4.69) is 9.97 Å². The number of amides is 1. The van der Waals surface area contributed by atoms with E-state index in [4.69, 9.17) is 0 Å². The fourth-order valence-corrected chi connectivity index (χ4v) is 3.99. The summed E-state index contributed by atoms with van der Waals surface area (Å²) in [6.07, 6.45) is 2.15. The Kier molecular flexibility index (Phi) is 4.56. The van der Waals surface area contributed by atoms with Crippen molar-refractivity contribution in [1.82, 2.24) is 14.9 Å². The number of likely N-dealkylation sites (N-methyl/N-ethyl adjacent to an activating group) is 1. The summed E-state index contributed by atoms with van der Waals surface area (Å²) in [5.41, 5.74) is 0.957. The quantitative estimate of drug-likeness (QED) is 0.915. The highest BCUT2D eigenvalue weighted by Crippen LogP contribution is 2.27. The second-order valence-corrected chi connectivity index (χ2v) is 7.42. The van der Waals surface area contributed by atoms with Crippen LogP contribution in [0.3, 0.4) is 0 Å². The molecule has 24 heavy (non-hydrogen) atoms. The minimum absolute atomic E-state index is 0.0349. The predicted octanol–water partition coefficient (Wildman–Crippen LogP) is 1.87. The van der Waals surface area contributed by atoms with Gasteiger partial charge in [-0.05, 0) is 37.3 Å². The van der Waals surface area contributed by atoms with Crippen LogP contribution in [0.1, 0.15) is 27.3 Å². The molecule has 0 bridgehead atoms. The number of carbonyl (C=O) groups excluding carboxylic acids is 1. The van der Waals surface area contributed by atoms with Gasteiger partial charge in [-0.2, -0.15) is 0 Å². The van der Waals surface area contributed by atoms with Crippen molar-refractivity contribution in [3.05, 3.63) is 40.0 Å². The number of anilines is 1. The Morgan fingerprint density at radius 1 is 1.46 bits per heavy atom. The van der Waals surface area contributed by atoms with Crippen molar-refractivity contribution in [3.63, 3.8) is 0 Å². The van der Waals surface area contributed by atoms with E-state index in [0.29, 0.717) is 26.1 Å². The molecule has 1 aliphatic rings. The maximum atomic E-state index is 12.5. The van der Waals surface area contributed by atoms with E-state index < -0.39 is 5.60 Å². The standard InChI is InChI=1S/C17H22N4O2S/c1-12-4-7-24-15(12)16(22)20(3)9-17(23)5-6-21(10-17)14-8-13(2)18-11-19-14/h4,7-8,11,23H,5-6,9-10H2,1-3H3. The van der Waals surface area contributed by atoms with Crippen molar-refractivity contribution in [2.75, 3.05) is 31.6 Å². The minimum Gasteiger partial charge on any atom is -0.386 e. The van der Waals surface area contributed by atoms with Crippen molar-refractivity contribution in [2.24, 2.45) is 0 Å². The molecule has 0 aromatic carbocycles. The highest BCUT2D eigenvalue weighted by atomic mass is 32.1. The fourth-order valence-electron chi connectivity index (χ4n) is 3.07. The van der Waals surface area contributed by atoms with Crippen LogP contribution in [0.25, 0.3) is 0 Å². The number of β-amino-alcohol motifs (C(OH)–C–C–N with tert-alkyl or cyclic N) is 1. The SMILES string of the molecule is Cc1cc(N2CCC(O)(CN(C)C(=O)c3sccc3C)C2)ncn1. The van der Waals surface area contributed by atoms with Gasteiger partial charge in [0.05, 0.1) is 11.4 Å². The normalized spacial score (nSPS) is 20.4. The molecule has 1 saturated heterocycles. The Morgan fingerprint density at radius 2 is 2.25 bits per heavy atom. The van der Waals surface area contributed by atoms with Crippen LogP contribution in [0.4, 0.5) is 5.82 Å². The van der Waals surface area contributed by atoms with Crippen LogP contribution in [0.2, 0.25) is 0 Å². The van der Waals surface area contributed by atoms with E-state index in [1.807, 2.05) is 36.3 Å². The molecule has 128 valence electrons. The number of aromatic nitrogens is 2. The lowest BCUT2D eigenvalue weighted by atomic mass is 10.0. The van der Waals surface area contributed by atoms with Gasteiger partial charge in [0.15, 0.2) is 0 Å². The third kappa shape index (κ3) is 3.42. The Morgan fingerprint density at radius 3 is 2.92 bits per heavy atom. The molecule has 3 heterocycles. The van der Waals surface area contributed by atoms with Crippen molar-refractivity contribution in [2.45, 2.75) is 25.9 Å². The molecule has 0 saturated carbocycles. The van der Waals surface area contributed by atoms with Crippen molar-refractivity contribution >= 4 is 23.1 Å². The van der Waals surface area contributed by atoms with E-state index in [-0.39, 0.29) is 5.91 Å². The molecule has 1 amide bonds. The Balaban J connectivity index is 1.67. The van der Waals surface area contributed by atoms with Gasteiger partial charge in [0, 0.05) is 31.9 Å². The number of hydrogen-bond donors (Lipinski definition) is 1. The Hall–Kier alpha value is -1.99. The second-order valence-electron chi connectivity index (χ2n) is 6.51. The van der Waals surface area contributed by atoms with Gasteiger partial charge in [-0.15, -0.1) is 11.3 Å². The molecule has 0 aliphatic carbocycles. The van der Waals surface area contributed by atoms with Crippen molar-refractivity contribution in [1.29, 1.82) is 0 Å². The first-order valence-corrected chi connectivity index (χ1v) is 8.81. The molecule has 0 radical (unpaired) electrons. The largest absolute Gasteiger partial charge is 0.386 e. The smallest absolute Gasteiger partial charge is 0.264 e. The van der Waals surface area contributed by atoms with Crippen LogP contribution in [0, 0.1) is 13.8 Å². The zero-order valence-corrected chi connectivity index (χ0v) is 15.0. The predicted molar refractivity (Wildman–Crippen MR) is 94.6 cm³/mol. The van der Waals surface area contributed by atoms with Crippen LogP contribution in [-0.4, -0.2) is 58.2 Å². The van der Waals surface area contributed by atoms with Gasteiger partial charge in [-0.25, -0.2) is 9.97 Å². The summed E-state index contributed by atoms with van der Waals surface area (Å²) in [6.45, 7) is 5.34. The van der Waals surface area contributed by atoms with Gasteiger partial charge >= 0.3 is 0 Å². The lowest BCUT2D eigenvalue weighted by Crippen LogP contribution is -2.45. The number of hydrogen-bond acceptors (Lipinski definition) is 6. The fraction of sp³-hybridized carbons (Fsp3) is 0.471. The third-order valence-electron chi connectivity index (χ3n) is 4.38. The molecule has 1 N–H and O–H groups in total. The average molecular weight is 346 g/mol. The van der Waals surface area contributed by atoms with Gasteiger partial charge in [-0.3, -0.25) is 4.79 Å². The summed E-state index contributed by atoms with van der Waals surface area (Å²) in [7, 11) is 1.75. The van der Waals surface area contributed by atoms with Gasteiger partial charge in [0.1, 0.15) is 17.7 Å². The summed E-state index contributed by atoms with van der Waals surface area (Å²) in [5, 5.41) is 12.8. The minimum atomic E-state index is -0.922. The molecular weight excluding hydrogens is 324 g/mol. The summed E-state index contributed by atoms with van der Waals surface area (Å²) >= 11 is 1.44. The third-order valence-corrected chi connectivity index (χ3v) is 5.38. The molecule has 6 nitrogen and oxygen atoms in total. The van der Waals surface area contributed by atoms with Crippen molar-refractivity contribution in [3.8, 4) is 0 Å². The van der Waals surface area contributed by atoms with Gasteiger partial charge < -0.3 is 14.9 Å². The van der Waals surface area contributed by atoms with E-state index in [0.717, 1.165) is 22.0 Å². The number of rotatable bonds is 4.